The fraction of sp³-hybridized carbons (Fsp3) is 0.217. The number of hydrogen-bond acceptors (Lipinski definition) is 6. The largest absolute Gasteiger partial charge is 0.497 e. The van der Waals surface area contributed by atoms with Crippen molar-refractivity contribution in [3.8, 4) is 17.2 Å². The van der Waals surface area contributed by atoms with Gasteiger partial charge in [0.2, 0.25) is 11.8 Å². The topological polar surface area (TPSA) is 77.5 Å². The number of nitrogens with one attached hydrogen (secondary N) is 1. The van der Waals surface area contributed by atoms with Crippen LogP contribution in [0.15, 0.2) is 69.7 Å². The van der Waals surface area contributed by atoms with Crippen molar-refractivity contribution in [1.82, 2.24) is 10.3 Å². The summed E-state index contributed by atoms with van der Waals surface area (Å²) in [4.78, 5) is 16.8. The molecule has 4 rings (SSSR count). The summed E-state index contributed by atoms with van der Waals surface area (Å²) < 4.78 is 16.5. The van der Waals surface area contributed by atoms with E-state index < -0.39 is 0 Å². The van der Waals surface area contributed by atoms with Gasteiger partial charge in [-0.3, -0.25) is 4.79 Å². The van der Waals surface area contributed by atoms with Gasteiger partial charge < -0.3 is 18.9 Å². The summed E-state index contributed by atoms with van der Waals surface area (Å²) in [6, 6.07) is 17.1. The lowest BCUT2D eigenvalue weighted by atomic mass is 10.2. The lowest BCUT2D eigenvalue weighted by Crippen LogP contribution is -2.28. The summed E-state index contributed by atoms with van der Waals surface area (Å²) in [6.07, 6.45) is 1.63. The van der Waals surface area contributed by atoms with Crippen molar-refractivity contribution in [3.63, 3.8) is 0 Å². The fourth-order valence-corrected chi connectivity index (χ4v) is 3.77. The van der Waals surface area contributed by atoms with Crippen molar-refractivity contribution in [2.24, 2.45) is 0 Å². The van der Waals surface area contributed by atoms with Crippen LogP contribution in [0.5, 0.6) is 5.75 Å². The second-order valence-electron chi connectivity index (χ2n) is 6.84. The molecule has 0 aliphatic heterocycles. The molecule has 2 aromatic carbocycles. The zero-order chi connectivity index (χ0) is 20.9. The SMILES string of the molecule is COc1ccc(-c2nc(CSCC(=O)N[C@H](C)c3cc4ccccc4o3)co2)cc1. The summed E-state index contributed by atoms with van der Waals surface area (Å²) in [5.74, 6) is 2.95. The van der Waals surface area contributed by atoms with E-state index in [9.17, 15) is 4.79 Å². The minimum Gasteiger partial charge on any atom is -0.497 e. The fourth-order valence-electron chi connectivity index (χ4n) is 3.06. The first-order valence-corrected chi connectivity index (χ1v) is 10.7. The van der Waals surface area contributed by atoms with Crippen LogP contribution in [0.25, 0.3) is 22.4 Å². The van der Waals surface area contributed by atoms with Gasteiger partial charge in [0.05, 0.1) is 24.6 Å². The van der Waals surface area contributed by atoms with E-state index in [2.05, 4.69) is 10.3 Å². The Labute approximate surface area is 178 Å². The zero-order valence-corrected chi connectivity index (χ0v) is 17.6. The summed E-state index contributed by atoms with van der Waals surface area (Å²) >= 11 is 1.49. The van der Waals surface area contributed by atoms with Gasteiger partial charge in [-0.2, -0.15) is 0 Å². The minimum absolute atomic E-state index is 0.0492. The van der Waals surface area contributed by atoms with E-state index in [1.54, 1.807) is 13.4 Å². The van der Waals surface area contributed by atoms with Gasteiger partial charge in [0, 0.05) is 16.7 Å². The molecule has 0 radical (unpaired) electrons. The van der Waals surface area contributed by atoms with Crippen LogP contribution in [0.2, 0.25) is 0 Å². The van der Waals surface area contributed by atoms with E-state index in [4.69, 9.17) is 13.6 Å². The molecule has 154 valence electrons. The molecule has 30 heavy (non-hydrogen) atoms. The molecule has 2 aromatic heterocycles. The molecule has 0 saturated carbocycles. The smallest absolute Gasteiger partial charge is 0.230 e. The maximum absolute atomic E-state index is 12.3. The van der Waals surface area contributed by atoms with Gasteiger partial charge in [-0.25, -0.2) is 4.98 Å². The Morgan fingerprint density at radius 2 is 2.00 bits per heavy atom. The van der Waals surface area contributed by atoms with Gasteiger partial charge in [0.15, 0.2) is 0 Å². The molecule has 1 atom stereocenters. The van der Waals surface area contributed by atoms with Crippen LogP contribution in [0.4, 0.5) is 0 Å². The molecule has 0 unspecified atom stereocenters. The highest BCUT2D eigenvalue weighted by molar-refractivity contribution is 7.99. The Bertz CT molecular complexity index is 1100. The molecule has 1 amide bonds. The molecule has 0 fully saturated rings. The van der Waals surface area contributed by atoms with Crippen molar-refractivity contribution < 1.29 is 18.4 Å². The number of carbonyl (C=O) groups excluding carboxylic acids is 1. The Morgan fingerprint density at radius 1 is 1.20 bits per heavy atom. The predicted molar refractivity (Wildman–Crippen MR) is 117 cm³/mol. The van der Waals surface area contributed by atoms with E-state index in [1.807, 2.05) is 61.5 Å². The Morgan fingerprint density at radius 3 is 2.77 bits per heavy atom. The van der Waals surface area contributed by atoms with Crippen LogP contribution in [-0.2, 0) is 10.5 Å². The first-order chi connectivity index (χ1) is 14.6. The van der Waals surface area contributed by atoms with Crippen molar-refractivity contribution >= 4 is 28.6 Å². The number of para-hydroxylation sites is 1. The third-order valence-corrected chi connectivity index (χ3v) is 5.59. The highest BCUT2D eigenvalue weighted by Gasteiger charge is 2.14. The first-order valence-electron chi connectivity index (χ1n) is 9.57. The van der Waals surface area contributed by atoms with E-state index >= 15 is 0 Å². The Hall–Kier alpha value is -3.19. The van der Waals surface area contributed by atoms with Crippen LogP contribution in [0.3, 0.4) is 0 Å². The Balaban J connectivity index is 1.26. The van der Waals surface area contributed by atoms with Gasteiger partial charge in [0.25, 0.3) is 0 Å². The van der Waals surface area contributed by atoms with Gasteiger partial charge in [-0.05, 0) is 43.3 Å². The molecule has 0 spiro atoms. The summed E-state index contributed by atoms with van der Waals surface area (Å²) in [7, 11) is 1.63. The number of nitrogens with zero attached hydrogens (tertiary/aromatic N) is 1. The lowest BCUT2D eigenvalue weighted by Gasteiger charge is -2.10. The number of amides is 1. The molecule has 6 nitrogen and oxygen atoms in total. The highest BCUT2D eigenvalue weighted by atomic mass is 32.2. The molecule has 0 saturated heterocycles. The third kappa shape index (κ3) is 4.68. The number of ether oxygens (including phenoxy) is 1. The van der Waals surface area contributed by atoms with E-state index in [0.29, 0.717) is 17.4 Å². The molecular formula is C23H22N2O4S. The molecular weight excluding hydrogens is 400 g/mol. The quantitative estimate of drug-likeness (QED) is 0.420. The number of furan rings is 1. The maximum Gasteiger partial charge on any atom is 0.230 e. The van der Waals surface area contributed by atoms with E-state index in [-0.39, 0.29) is 11.9 Å². The van der Waals surface area contributed by atoms with Gasteiger partial charge in [0.1, 0.15) is 23.4 Å². The van der Waals surface area contributed by atoms with Gasteiger partial charge in [-0.15, -0.1) is 11.8 Å². The minimum atomic E-state index is -0.195. The van der Waals surface area contributed by atoms with Crippen LogP contribution in [-0.4, -0.2) is 23.8 Å². The number of aromatic nitrogens is 1. The van der Waals surface area contributed by atoms with Crippen LogP contribution >= 0.6 is 11.8 Å². The van der Waals surface area contributed by atoms with Crippen molar-refractivity contribution in [2.45, 2.75) is 18.7 Å². The van der Waals surface area contributed by atoms with Gasteiger partial charge >= 0.3 is 0 Å². The van der Waals surface area contributed by atoms with Crippen molar-refractivity contribution in [1.29, 1.82) is 0 Å². The standard InChI is InChI=1S/C23H22N2O4S/c1-15(21-11-17-5-3-4-6-20(17)29-21)24-22(26)14-30-13-18-12-28-23(25-18)16-7-9-19(27-2)10-8-16/h3-12,15H,13-14H2,1-2H3,(H,24,26)/t15-/m1/s1. The van der Waals surface area contributed by atoms with E-state index in [0.717, 1.165) is 33.7 Å². The molecule has 0 aliphatic rings. The number of carbonyl (C=O) groups is 1. The lowest BCUT2D eigenvalue weighted by molar-refractivity contribution is -0.119. The monoisotopic (exact) mass is 422 g/mol. The van der Waals surface area contributed by atoms with Crippen molar-refractivity contribution in [3.05, 3.63) is 72.3 Å². The zero-order valence-electron chi connectivity index (χ0n) is 16.8. The van der Waals surface area contributed by atoms with Crippen LogP contribution in [0.1, 0.15) is 24.4 Å². The maximum atomic E-state index is 12.3. The average Bonchev–Trinajstić information content (AvgIpc) is 3.41. The van der Waals surface area contributed by atoms with Crippen LogP contribution < -0.4 is 10.1 Å². The number of oxazole rings is 1. The number of thioether (sulfide) groups is 1. The molecule has 2 heterocycles. The summed E-state index contributed by atoms with van der Waals surface area (Å²) in [5, 5.41) is 4.01. The molecule has 0 bridgehead atoms. The number of methoxy groups -OCH3 is 1. The molecule has 4 aromatic rings. The summed E-state index contributed by atoms with van der Waals surface area (Å²) in [6.45, 7) is 1.92. The molecule has 1 N–H and O–H groups in total. The number of hydrogen-bond donors (Lipinski definition) is 1. The highest BCUT2D eigenvalue weighted by Crippen LogP contribution is 2.25. The molecule has 7 heteroatoms. The predicted octanol–water partition coefficient (Wildman–Crippen LogP) is 5.21. The number of fused-ring (bicyclic) bond motifs is 1. The third-order valence-electron chi connectivity index (χ3n) is 4.62. The average molecular weight is 423 g/mol. The second kappa shape index (κ2) is 9.09. The van der Waals surface area contributed by atoms with Crippen molar-refractivity contribution in [2.75, 3.05) is 12.9 Å². The summed E-state index contributed by atoms with van der Waals surface area (Å²) in [5.41, 5.74) is 2.50. The molecule has 0 aliphatic carbocycles. The first kappa shape index (κ1) is 20.1. The number of rotatable bonds is 8. The van der Waals surface area contributed by atoms with E-state index in [1.165, 1.54) is 11.8 Å². The second-order valence-corrected chi connectivity index (χ2v) is 7.83. The Kier molecular flexibility index (Phi) is 6.09. The van der Waals surface area contributed by atoms with Gasteiger partial charge in [-0.1, -0.05) is 18.2 Å². The van der Waals surface area contributed by atoms with Crippen LogP contribution in [0, 0.1) is 0 Å². The normalized spacial score (nSPS) is 12.1. The number of benzene rings is 2.